The molecule has 0 N–H and O–H groups in total. The largest absolute Gasteiger partial charge is 0.767 e. The summed E-state index contributed by atoms with van der Waals surface area (Å²) < 4.78 is 20.3. The van der Waals surface area contributed by atoms with E-state index in [1.807, 2.05) is 0 Å². The summed E-state index contributed by atoms with van der Waals surface area (Å²) in [4.78, 5) is 3.72. The second kappa shape index (κ2) is 2.55. The molecule has 50 valence electrons. The lowest BCUT2D eigenvalue weighted by Crippen LogP contribution is -1.87. The molecule has 9 heavy (non-hydrogen) atoms. The van der Waals surface area contributed by atoms with Gasteiger partial charge in [0.15, 0.2) is 0 Å². The van der Waals surface area contributed by atoms with Gasteiger partial charge in [0.05, 0.1) is 5.01 Å². The highest BCUT2D eigenvalue weighted by molar-refractivity contribution is 7.79. The Morgan fingerprint density at radius 3 is 2.78 bits per heavy atom. The third kappa shape index (κ3) is 1.57. The third-order valence-electron chi connectivity index (χ3n) is 0.769. The summed E-state index contributed by atoms with van der Waals surface area (Å²) in [6.07, 6.45) is 0. The molecule has 0 saturated carbocycles. The van der Waals surface area contributed by atoms with Crippen LogP contribution in [0.15, 0.2) is 10.4 Å². The van der Waals surface area contributed by atoms with Crippen molar-refractivity contribution in [2.24, 2.45) is 0 Å². The summed E-state index contributed by atoms with van der Waals surface area (Å²) in [5.74, 6) is 0. The molecule has 0 spiro atoms. The highest BCUT2D eigenvalue weighted by Gasteiger charge is 1.94. The van der Waals surface area contributed by atoms with Gasteiger partial charge >= 0.3 is 0 Å². The van der Waals surface area contributed by atoms with Crippen LogP contribution in [0.4, 0.5) is 0 Å². The van der Waals surface area contributed by atoms with Gasteiger partial charge in [-0.3, -0.25) is 4.21 Å². The van der Waals surface area contributed by atoms with Gasteiger partial charge in [0.1, 0.15) is 5.03 Å². The summed E-state index contributed by atoms with van der Waals surface area (Å²) >= 11 is -0.830. The Kier molecular flexibility index (Phi) is 1.94. The second-order valence-electron chi connectivity index (χ2n) is 1.44. The lowest BCUT2D eigenvalue weighted by molar-refractivity contribution is 0.534. The molecule has 0 fully saturated rings. The predicted molar refractivity (Wildman–Crippen MR) is 34.0 cm³/mol. The summed E-state index contributed by atoms with van der Waals surface area (Å²) in [6.45, 7) is 1.76. The number of hydrogen-bond donors (Lipinski definition) is 0. The van der Waals surface area contributed by atoms with E-state index < -0.39 is 11.1 Å². The maximum atomic E-state index is 10.2. The van der Waals surface area contributed by atoms with E-state index in [0.29, 0.717) is 0 Å². The topological polar surface area (TPSA) is 53.0 Å². The smallest absolute Gasteiger partial charge is 0.124 e. The van der Waals surface area contributed by atoms with E-state index in [1.165, 1.54) is 16.7 Å². The van der Waals surface area contributed by atoms with Gasteiger partial charge in [-0.05, 0) is 18.0 Å². The molecule has 3 nitrogen and oxygen atoms in total. The molecule has 0 aromatic carbocycles. The highest BCUT2D eigenvalue weighted by atomic mass is 32.2. The fraction of sp³-hybridized carbons (Fsp3) is 0.250. The first kappa shape index (κ1) is 6.85. The quantitative estimate of drug-likeness (QED) is 0.571. The van der Waals surface area contributed by atoms with Crippen LogP contribution in [0, 0.1) is 6.92 Å². The Hall–Kier alpha value is -0.260. The fourth-order valence-electron chi connectivity index (χ4n) is 0.420. The van der Waals surface area contributed by atoms with E-state index in [-0.39, 0.29) is 5.03 Å². The molecular formula is C4H4NO2S2-. The van der Waals surface area contributed by atoms with Gasteiger partial charge in [-0.25, -0.2) is 4.98 Å². The van der Waals surface area contributed by atoms with Gasteiger partial charge < -0.3 is 4.55 Å². The minimum absolute atomic E-state index is 0.137. The zero-order valence-electron chi connectivity index (χ0n) is 4.66. The Balaban J connectivity index is 2.98. The van der Waals surface area contributed by atoms with Gasteiger partial charge in [-0.2, -0.15) is 0 Å². The zero-order valence-corrected chi connectivity index (χ0v) is 6.29. The number of aromatic nitrogens is 1. The van der Waals surface area contributed by atoms with Crippen molar-refractivity contribution in [1.82, 2.24) is 4.98 Å². The molecular weight excluding hydrogens is 158 g/mol. The van der Waals surface area contributed by atoms with Crippen molar-refractivity contribution >= 4 is 22.4 Å². The van der Waals surface area contributed by atoms with Crippen molar-refractivity contribution < 1.29 is 8.76 Å². The molecule has 0 saturated heterocycles. The van der Waals surface area contributed by atoms with Crippen LogP contribution in [0.2, 0.25) is 0 Å². The number of aryl methyl sites for hydroxylation is 1. The van der Waals surface area contributed by atoms with E-state index in [9.17, 15) is 8.76 Å². The average molecular weight is 162 g/mol. The fourth-order valence-corrected chi connectivity index (χ4v) is 1.62. The number of rotatable bonds is 1. The monoisotopic (exact) mass is 162 g/mol. The molecule has 1 unspecified atom stereocenters. The Labute approximate surface area is 59.0 Å². The molecule has 1 atom stereocenters. The first-order chi connectivity index (χ1) is 4.20. The van der Waals surface area contributed by atoms with E-state index in [2.05, 4.69) is 4.98 Å². The minimum Gasteiger partial charge on any atom is -0.767 e. The molecule has 1 rings (SSSR count). The van der Waals surface area contributed by atoms with Crippen molar-refractivity contribution in [2.75, 3.05) is 0 Å². The van der Waals surface area contributed by atoms with Crippen molar-refractivity contribution in [3.05, 3.63) is 10.4 Å². The standard InChI is InChI=1S/C4H5NO2S2/c1-3-5-4(2-8-3)9(6)7/h2H,1H3,(H,6,7)/p-1. The van der Waals surface area contributed by atoms with E-state index >= 15 is 0 Å². The predicted octanol–water partition coefficient (Wildman–Crippen LogP) is 0.690. The Morgan fingerprint density at radius 1 is 1.89 bits per heavy atom. The zero-order chi connectivity index (χ0) is 6.85. The first-order valence-electron chi connectivity index (χ1n) is 2.21. The van der Waals surface area contributed by atoms with Gasteiger partial charge in [0.25, 0.3) is 0 Å². The van der Waals surface area contributed by atoms with Crippen LogP contribution in [0.1, 0.15) is 5.01 Å². The molecule has 1 aromatic rings. The first-order valence-corrected chi connectivity index (χ1v) is 4.17. The molecule has 0 radical (unpaired) electrons. The molecule has 1 heterocycles. The highest BCUT2D eigenvalue weighted by Crippen LogP contribution is 2.09. The lowest BCUT2D eigenvalue weighted by Gasteiger charge is -1.96. The molecule has 0 aliphatic heterocycles. The molecule has 0 aliphatic rings. The normalized spacial score (nSPS) is 13.6. The number of hydrogen-bond acceptors (Lipinski definition) is 4. The Morgan fingerprint density at radius 2 is 2.56 bits per heavy atom. The van der Waals surface area contributed by atoms with Gasteiger partial charge in [-0.15, -0.1) is 11.3 Å². The third-order valence-corrected chi connectivity index (χ3v) is 2.24. The van der Waals surface area contributed by atoms with Crippen LogP contribution >= 0.6 is 11.3 Å². The van der Waals surface area contributed by atoms with Crippen LogP contribution in [0.25, 0.3) is 0 Å². The van der Waals surface area contributed by atoms with E-state index in [0.717, 1.165) is 5.01 Å². The van der Waals surface area contributed by atoms with Crippen molar-refractivity contribution in [3.8, 4) is 0 Å². The Bertz CT molecular complexity index is 232. The summed E-state index contributed by atoms with van der Waals surface area (Å²) in [7, 11) is 0. The van der Waals surface area contributed by atoms with Crippen LogP contribution < -0.4 is 0 Å². The second-order valence-corrected chi connectivity index (χ2v) is 3.39. The summed E-state index contributed by atoms with van der Waals surface area (Å²) in [6, 6.07) is 0. The summed E-state index contributed by atoms with van der Waals surface area (Å²) in [5, 5.41) is 2.42. The van der Waals surface area contributed by atoms with Crippen LogP contribution in [-0.4, -0.2) is 13.7 Å². The van der Waals surface area contributed by atoms with Crippen LogP contribution in [0.3, 0.4) is 0 Å². The van der Waals surface area contributed by atoms with Gasteiger partial charge in [0.2, 0.25) is 0 Å². The van der Waals surface area contributed by atoms with Crippen molar-refractivity contribution in [1.29, 1.82) is 0 Å². The van der Waals surface area contributed by atoms with Gasteiger partial charge in [0, 0.05) is 5.38 Å². The minimum atomic E-state index is -2.16. The molecule has 0 bridgehead atoms. The number of nitrogens with zero attached hydrogens (tertiary/aromatic N) is 1. The SMILES string of the molecule is Cc1nc(S(=O)[O-])cs1. The average Bonchev–Trinajstić information content (AvgIpc) is 2.14. The van der Waals surface area contributed by atoms with Crippen molar-refractivity contribution in [3.63, 3.8) is 0 Å². The molecule has 0 amide bonds. The molecule has 5 heteroatoms. The van der Waals surface area contributed by atoms with Gasteiger partial charge in [-0.1, -0.05) is 0 Å². The molecule has 0 aliphatic carbocycles. The van der Waals surface area contributed by atoms with Crippen LogP contribution in [0.5, 0.6) is 0 Å². The molecule has 1 aromatic heterocycles. The summed E-state index contributed by atoms with van der Waals surface area (Å²) in [5.41, 5.74) is 0. The maximum absolute atomic E-state index is 10.2. The maximum Gasteiger partial charge on any atom is 0.124 e. The lowest BCUT2D eigenvalue weighted by atomic mass is 10.8. The van der Waals surface area contributed by atoms with Crippen molar-refractivity contribution in [2.45, 2.75) is 11.9 Å². The number of thiazole rings is 1. The van der Waals surface area contributed by atoms with E-state index in [1.54, 1.807) is 6.92 Å². The van der Waals surface area contributed by atoms with E-state index in [4.69, 9.17) is 0 Å². The van der Waals surface area contributed by atoms with Crippen LogP contribution in [-0.2, 0) is 11.1 Å².